The number of benzene rings is 2. The predicted octanol–water partition coefficient (Wildman–Crippen LogP) is 3.11. The van der Waals surface area contributed by atoms with Crippen LogP contribution in [-0.4, -0.2) is 47.4 Å². The number of anilines is 1. The number of carbonyl (C=O) groups excluding carboxylic acids is 3. The lowest BCUT2D eigenvalue weighted by molar-refractivity contribution is -0.113. The average Bonchev–Trinajstić information content (AvgIpc) is 2.83. The van der Waals surface area contributed by atoms with E-state index < -0.39 is 17.8 Å². The van der Waals surface area contributed by atoms with Gasteiger partial charge in [0.2, 0.25) is 5.91 Å². The van der Waals surface area contributed by atoms with Crippen molar-refractivity contribution in [3.63, 3.8) is 0 Å². The molecule has 0 atom stereocenters. The molecule has 10 heteroatoms. The molecule has 1 amide bonds. The summed E-state index contributed by atoms with van der Waals surface area (Å²) in [5.41, 5.74) is 0.833. The van der Waals surface area contributed by atoms with Gasteiger partial charge >= 0.3 is 11.9 Å². The standard InChI is InChI=1S/C23H23N3O6S/c1-4-9-26-20(28)17-7-5-6-8-18(17)25-23(26)33-13-19(27)24-16-11-14(21(29)31-2)10-15(12-16)22(30)32-3/h5-8,10-12H,4,9,13H2,1-3H3,(H,24,27). The summed E-state index contributed by atoms with van der Waals surface area (Å²) in [6, 6.07) is 11.2. The fourth-order valence-corrected chi connectivity index (χ4v) is 4.00. The Balaban J connectivity index is 1.83. The molecule has 0 saturated heterocycles. The number of fused-ring (bicyclic) bond motifs is 1. The highest BCUT2D eigenvalue weighted by Crippen LogP contribution is 2.20. The van der Waals surface area contributed by atoms with Crippen molar-refractivity contribution < 1.29 is 23.9 Å². The third-order valence-corrected chi connectivity index (χ3v) is 5.64. The number of aromatic nitrogens is 2. The Morgan fingerprint density at radius 2 is 1.67 bits per heavy atom. The summed E-state index contributed by atoms with van der Waals surface area (Å²) in [5, 5.41) is 3.63. The number of methoxy groups -OCH3 is 2. The van der Waals surface area contributed by atoms with Crippen molar-refractivity contribution >= 4 is 46.2 Å². The normalized spacial score (nSPS) is 10.6. The Morgan fingerprint density at radius 1 is 1.03 bits per heavy atom. The molecule has 3 rings (SSSR count). The number of rotatable bonds is 8. The lowest BCUT2D eigenvalue weighted by Gasteiger charge is -2.13. The van der Waals surface area contributed by atoms with Crippen LogP contribution in [0.4, 0.5) is 5.69 Å². The smallest absolute Gasteiger partial charge is 0.337 e. The molecule has 0 aliphatic carbocycles. The second-order valence-corrected chi connectivity index (χ2v) is 7.93. The molecule has 0 aliphatic rings. The van der Waals surface area contributed by atoms with Gasteiger partial charge < -0.3 is 14.8 Å². The summed E-state index contributed by atoms with van der Waals surface area (Å²) in [7, 11) is 2.43. The van der Waals surface area contributed by atoms with Crippen LogP contribution in [0.3, 0.4) is 0 Å². The van der Waals surface area contributed by atoms with Crippen LogP contribution in [0.1, 0.15) is 34.1 Å². The Labute approximate surface area is 194 Å². The van der Waals surface area contributed by atoms with Gasteiger partial charge in [-0.05, 0) is 36.8 Å². The zero-order valence-electron chi connectivity index (χ0n) is 18.4. The Hall–Kier alpha value is -3.66. The molecule has 0 fully saturated rings. The molecule has 172 valence electrons. The first-order chi connectivity index (χ1) is 15.9. The van der Waals surface area contributed by atoms with E-state index in [1.807, 2.05) is 6.92 Å². The molecule has 3 aromatic rings. The molecule has 0 aliphatic heterocycles. The molecule has 2 aromatic carbocycles. The number of para-hydroxylation sites is 1. The minimum Gasteiger partial charge on any atom is -0.465 e. The minimum absolute atomic E-state index is 0.0372. The Kier molecular flexibility index (Phi) is 7.83. The van der Waals surface area contributed by atoms with Crippen molar-refractivity contribution in [2.24, 2.45) is 0 Å². The van der Waals surface area contributed by atoms with E-state index >= 15 is 0 Å². The van der Waals surface area contributed by atoms with E-state index in [1.54, 1.807) is 28.8 Å². The van der Waals surface area contributed by atoms with Crippen molar-refractivity contribution in [1.82, 2.24) is 9.55 Å². The molecule has 1 N–H and O–H groups in total. The molecule has 1 heterocycles. The Morgan fingerprint density at radius 3 is 2.27 bits per heavy atom. The van der Waals surface area contributed by atoms with Gasteiger partial charge in [-0.1, -0.05) is 30.8 Å². The van der Waals surface area contributed by atoms with Gasteiger partial charge in [0.05, 0.1) is 42.0 Å². The van der Waals surface area contributed by atoms with Crippen LogP contribution in [0.25, 0.3) is 10.9 Å². The number of hydrogen-bond donors (Lipinski definition) is 1. The van der Waals surface area contributed by atoms with Crippen molar-refractivity contribution in [3.05, 3.63) is 63.9 Å². The first kappa shape index (κ1) is 24.0. The highest BCUT2D eigenvalue weighted by molar-refractivity contribution is 7.99. The number of nitrogens with one attached hydrogen (secondary N) is 1. The summed E-state index contributed by atoms with van der Waals surface area (Å²) < 4.78 is 11.0. The van der Waals surface area contributed by atoms with Gasteiger partial charge in [0.25, 0.3) is 5.56 Å². The van der Waals surface area contributed by atoms with Gasteiger partial charge in [-0.2, -0.15) is 0 Å². The zero-order valence-corrected chi connectivity index (χ0v) is 19.2. The largest absolute Gasteiger partial charge is 0.465 e. The summed E-state index contributed by atoms with van der Waals surface area (Å²) in [4.78, 5) is 53.9. The van der Waals surface area contributed by atoms with Gasteiger partial charge in [0.15, 0.2) is 5.16 Å². The molecule has 0 spiro atoms. The summed E-state index contributed by atoms with van der Waals surface area (Å²) in [6.45, 7) is 2.43. The van der Waals surface area contributed by atoms with E-state index in [2.05, 4.69) is 10.3 Å². The van der Waals surface area contributed by atoms with Crippen LogP contribution in [0.2, 0.25) is 0 Å². The predicted molar refractivity (Wildman–Crippen MR) is 125 cm³/mol. The highest BCUT2D eigenvalue weighted by Gasteiger charge is 2.16. The average molecular weight is 470 g/mol. The minimum atomic E-state index is -0.658. The lowest BCUT2D eigenvalue weighted by Crippen LogP contribution is -2.24. The topological polar surface area (TPSA) is 117 Å². The number of esters is 2. The SMILES string of the molecule is CCCn1c(SCC(=O)Nc2cc(C(=O)OC)cc(C(=O)OC)c2)nc2ccccc2c1=O. The van der Waals surface area contributed by atoms with Gasteiger partial charge in [0.1, 0.15) is 0 Å². The maximum atomic E-state index is 12.9. The molecule has 9 nitrogen and oxygen atoms in total. The van der Waals surface area contributed by atoms with E-state index in [0.29, 0.717) is 22.6 Å². The van der Waals surface area contributed by atoms with E-state index in [1.165, 1.54) is 32.4 Å². The summed E-state index contributed by atoms with van der Waals surface area (Å²) >= 11 is 1.13. The zero-order chi connectivity index (χ0) is 24.0. The molecule has 0 saturated carbocycles. The van der Waals surface area contributed by atoms with Crippen molar-refractivity contribution in [2.75, 3.05) is 25.3 Å². The van der Waals surface area contributed by atoms with Gasteiger partial charge in [0, 0.05) is 12.2 Å². The van der Waals surface area contributed by atoms with Crippen molar-refractivity contribution in [3.8, 4) is 0 Å². The number of carbonyl (C=O) groups is 3. The van der Waals surface area contributed by atoms with Crippen LogP contribution < -0.4 is 10.9 Å². The van der Waals surface area contributed by atoms with Crippen molar-refractivity contribution in [2.45, 2.75) is 25.0 Å². The van der Waals surface area contributed by atoms with Crippen molar-refractivity contribution in [1.29, 1.82) is 0 Å². The molecule has 0 bridgehead atoms. The number of nitrogens with zero attached hydrogens (tertiary/aromatic N) is 2. The summed E-state index contributed by atoms with van der Waals surface area (Å²) in [5.74, 6) is -1.75. The first-order valence-electron chi connectivity index (χ1n) is 10.1. The Bertz CT molecular complexity index is 1240. The van der Waals surface area contributed by atoms with Crippen LogP contribution in [0.5, 0.6) is 0 Å². The fourth-order valence-electron chi connectivity index (χ4n) is 3.18. The van der Waals surface area contributed by atoms with Gasteiger partial charge in [-0.25, -0.2) is 14.6 Å². The monoisotopic (exact) mass is 469 g/mol. The highest BCUT2D eigenvalue weighted by atomic mass is 32.2. The number of amides is 1. The third-order valence-electron chi connectivity index (χ3n) is 4.67. The van der Waals surface area contributed by atoms with Gasteiger partial charge in [-0.3, -0.25) is 14.2 Å². The maximum Gasteiger partial charge on any atom is 0.337 e. The molecule has 0 unspecified atom stereocenters. The third kappa shape index (κ3) is 5.58. The molecular formula is C23H23N3O6S. The molecular weight excluding hydrogens is 446 g/mol. The van der Waals surface area contributed by atoms with E-state index in [0.717, 1.165) is 18.2 Å². The fraction of sp³-hybridized carbons (Fsp3) is 0.261. The van der Waals surface area contributed by atoms with Crippen LogP contribution >= 0.6 is 11.8 Å². The first-order valence-corrected chi connectivity index (χ1v) is 11.1. The van der Waals surface area contributed by atoms with Crippen LogP contribution in [0, 0.1) is 0 Å². The quantitative estimate of drug-likeness (QED) is 0.304. The van der Waals surface area contributed by atoms with E-state index in [-0.39, 0.29) is 28.1 Å². The van der Waals surface area contributed by atoms with E-state index in [9.17, 15) is 19.2 Å². The number of ether oxygens (including phenoxy) is 2. The van der Waals surface area contributed by atoms with Crippen LogP contribution in [0.15, 0.2) is 52.4 Å². The second kappa shape index (κ2) is 10.8. The molecule has 33 heavy (non-hydrogen) atoms. The van der Waals surface area contributed by atoms with E-state index in [4.69, 9.17) is 9.47 Å². The number of thioether (sulfide) groups is 1. The maximum absolute atomic E-state index is 12.9. The number of hydrogen-bond acceptors (Lipinski definition) is 8. The lowest BCUT2D eigenvalue weighted by atomic mass is 10.1. The summed E-state index contributed by atoms with van der Waals surface area (Å²) in [6.07, 6.45) is 0.732. The van der Waals surface area contributed by atoms with Gasteiger partial charge in [-0.15, -0.1) is 0 Å². The molecule has 0 radical (unpaired) electrons. The van der Waals surface area contributed by atoms with Crippen LogP contribution in [-0.2, 0) is 20.8 Å². The molecule has 1 aromatic heterocycles. The second-order valence-electron chi connectivity index (χ2n) is 6.99.